The number of nitrogens with zero attached hydrogens (tertiary/aromatic N) is 1. The second kappa shape index (κ2) is 5.65. The van der Waals surface area contributed by atoms with E-state index in [4.69, 9.17) is 10.6 Å². The molecule has 17 heavy (non-hydrogen) atoms. The van der Waals surface area contributed by atoms with Gasteiger partial charge in [0.05, 0.1) is 6.61 Å². The molecule has 0 radical (unpaired) electrons. The predicted molar refractivity (Wildman–Crippen MR) is 66.2 cm³/mol. The molecule has 1 aliphatic heterocycles. The molecule has 0 unspecified atom stereocenters. The average molecular weight is 235 g/mol. The quantitative estimate of drug-likeness (QED) is 0.773. The second-order valence-electron chi connectivity index (χ2n) is 4.08. The minimum absolute atomic E-state index is 0.0856. The monoisotopic (exact) mass is 235 g/mol. The molecule has 1 heterocycles. The van der Waals surface area contributed by atoms with Gasteiger partial charge in [0, 0.05) is 17.9 Å². The van der Waals surface area contributed by atoms with Gasteiger partial charge in [0.2, 0.25) is 5.91 Å². The molecule has 1 aromatic carbocycles. The second-order valence-corrected chi connectivity index (χ2v) is 4.08. The number of amides is 1. The van der Waals surface area contributed by atoms with Gasteiger partial charge in [0.25, 0.3) is 0 Å². The number of nitrogen functional groups attached to an aromatic ring is 1. The van der Waals surface area contributed by atoms with Gasteiger partial charge in [0.1, 0.15) is 6.54 Å². The molecule has 1 saturated heterocycles. The number of anilines is 2. The molecule has 0 saturated carbocycles. The minimum Gasteiger partial charge on any atom is -0.399 e. The topological polar surface area (TPSA) is 67.6 Å². The van der Waals surface area contributed by atoms with Crippen LogP contribution in [-0.2, 0) is 9.63 Å². The van der Waals surface area contributed by atoms with Crippen molar-refractivity contribution in [1.82, 2.24) is 5.06 Å². The summed E-state index contributed by atoms with van der Waals surface area (Å²) in [5.74, 6) is -0.0856. The first-order valence-electron chi connectivity index (χ1n) is 5.77. The smallest absolute Gasteiger partial charge is 0.240 e. The Balaban J connectivity index is 1.84. The molecule has 0 bridgehead atoms. The van der Waals surface area contributed by atoms with Crippen molar-refractivity contribution in [3.05, 3.63) is 24.3 Å². The zero-order valence-corrected chi connectivity index (χ0v) is 9.69. The van der Waals surface area contributed by atoms with Crippen LogP contribution in [0.5, 0.6) is 0 Å². The molecule has 0 aliphatic carbocycles. The number of nitrogens with two attached hydrogens (primary N) is 1. The lowest BCUT2D eigenvalue weighted by Crippen LogP contribution is -2.36. The maximum absolute atomic E-state index is 11.7. The van der Waals surface area contributed by atoms with E-state index in [0.29, 0.717) is 18.0 Å². The average Bonchev–Trinajstić information content (AvgIpc) is 2.30. The van der Waals surface area contributed by atoms with Crippen LogP contribution in [-0.4, -0.2) is 30.7 Å². The predicted octanol–water partition coefficient (Wildman–Crippen LogP) is 1.23. The summed E-state index contributed by atoms with van der Waals surface area (Å²) in [5.41, 5.74) is 6.98. The first kappa shape index (κ1) is 11.9. The number of rotatable bonds is 3. The fourth-order valence-electron chi connectivity index (χ4n) is 1.75. The van der Waals surface area contributed by atoms with Crippen LogP contribution in [0.15, 0.2) is 24.3 Å². The summed E-state index contributed by atoms with van der Waals surface area (Å²) in [4.78, 5) is 17.1. The van der Waals surface area contributed by atoms with Gasteiger partial charge in [-0.25, -0.2) is 0 Å². The van der Waals surface area contributed by atoms with Crippen LogP contribution in [0.3, 0.4) is 0 Å². The van der Waals surface area contributed by atoms with Gasteiger partial charge < -0.3 is 11.1 Å². The Labute approximate surface area is 100 Å². The van der Waals surface area contributed by atoms with Gasteiger partial charge in [-0.2, -0.15) is 5.06 Å². The molecule has 1 aliphatic rings. The van der Waals surface area contributed by atoms with Crippen molar-refractivity contribution in [2.24, 2.45) is 0 Å². The van der Waals surface area contributed by atoms with Crippen molar-refractivity contribution in [1.29, 1.82) is 0 Å². The van der Waals surface area contributed by atoms with E-state index in [2.05, 4.69) is 5.32 Å². The first-order chi connectivity index (χ1) is 8.24. The van der Waals surface area contributed by atoms with Gasteiger partial charge in [-0.1, -0.05) is 6.07 Å². The number of benzene rings is 1. The van der Waals surface area contributed by atoms with Crippen molar-refractivity contribution in [3.8, 4) is 0 Å². The number of carbonyl (C=O) groups is 1. The standard InChI is InChI=1S/C12H17N3O2/c13-10-4-3-5-11(8-10)14-12(16)9-15-6-1-2-7-17-15/h3-5,8H,1-2,6-7,9,13H2,(H,14,16). The summed E-state index contributed by atoms with van der Waals surface area (Å²) in [7, 11) is 0. The Bertz CT molecular complexity index is 389. The summed E-state index contributed by atoms with van der Waals surface area (Å²) in [6, 6.07) is 7.13. The van der Waals surface area contributed by atoms with Crippen LogP contribution in [0.1, 0.15) is 12.8 Å². The van der Waals surface area contributed by atoms with Crippen LogP contribution in [0, 0.1) is 0 Å². The molecule has 1 fully saturated rings. The maximum Gasteiger partial charge on any atom is 0.240 e. The number of hydrogen-bond acceptors (Lipinski definition) is 4. The Kier molecular flexibility index (Phi) is 3.95. The molecule has 0 aromatic heterocycles. The third kappa shape index (κ3) is 3.72. The van der Waals surface area contributed by atoms with Crippen molar-refractivity contribution in [2.45, 2.75) is 12.8 Å². The molecule has 3 N–H and O–H groups in total. The molecule has 0 spiro atoms. The summed E-state index contributed by atoms with van der Waals surface area (Å²) in [5, 5.41) is 4.49. The molecule has 5 heteroatoms. The van der Waals surface area contributed by atoms with Gasteiger partial charge >= 0.3 is 0 Å². The maximum atomic E-state index is 11.7. The van der Waals surface area contributed by atoms with Crippen molar-refractivity contribution < 1.29 is 9.63 Å². The van der Waals surface area contributed by atoms with Gasteiger partial charge in [-0.05, 0) is 31.0 Å². The molecule has 1 aromatic rings. The van der Waals surface area contributed by atoms with Crippen molar-refractivity contribution >= 4 is 17.3 Å². The highest BCUT2D eigenvalue weighted by Crippen LogP contribution is 2.12. The Hall–Kier alpha value is -1.59. The van der Waals surface area contributed by atoms with E-state index in [1.807, 2.05) is 12.1 Å². The Morgan fingerprint density at radius 1 is 1.47 bits per heavy atom. The summed E-state index contributed by atoms with van der Waals surface area (Å²) < 4.78 is 0. The summed E-state index contributed by atoms with van der Waals surface area (Å²) in [6.45, 7) is 1.77. The molecular formula is C12H17N3O2. The van der Waals surface area contributed by atoms with Crippen LogP contribution in [0.4, 0.5) is 11.4 Å². The molecule has 1 amide bonds. The largest absolute Gasteiger partial charge is 0.399 e. The highest BCUT2D eigenvalue weighted by molar-refractivity contribution is 5.92. The van der Waals surface area contributed by atoms with E-state index in [9.17, 15) is 4.79 Å². The third-order valence-corrected chi connectivity index (χ3v) is 2.57. The lowest BCUT2D eigenvalue weighted by molar-refractivity contribution is -0.182. The summed E-state index contributed by atoms with van der Waals surface area (Å²) >= 11 is 0. The fourth-order valence-corrected chi connectivity index (χ4v) is 1.75. The SMILES string of the molecule is Nc1cccc(NC(=O)CN2CCCCO2)c1. The number of hydrogen-bond donors (Lipinski definition) is 2. The molecule has 5 nitrogen and oxygen atoms in total. The first-order valence-corrected chi connectivity index (χ1v) is 5.77. The normalized spacial score (nSPS) is 16.7. The highest BCUT2D eigenvalue weighted by atomic mass is 16.7. The van der Waals surface area contributed by atoms with E-state index >= 15 is 0 Å². The summed E-state index contributed by atoms with van der Waals surface area (Å²) in [6.07, 6.45) is 2.14. The lowest BCUT2D eigenvalue weighted by Gasteiger charge is -2.25. The Morgan fingerprint density at radius 2 is 2.35 bits per heavy atom. The van der Waals surface area contributed by atoms with E-state index in [1.54, 1.807) is 17.2 Å². The number of nitrogens with one attached hydrogen (secondary N) is 1. The van der Waals surface area contributed by atoms with E-state index in [0.717, 1.165) is 19.4 Å². The van der Waals surface area contributed by atoms with Crippen LogP contribution in [0.25, 0.3) is 0 Å². The van der Waals surface area contributed by atoms with Crippen molar-refractivity contribution in [2.75, 3.05) is 30.7 Å². The third-order valence-electron chi connectivity index (χ3n) is 2.57. The minimum atomic E-state index is -0.0856. The zero-order valence-electron chi connectivity index (χ0n) is 9.69. The molecular weight excluding hydrogens is 218 g/mol. The van der Waals surface area contributed by atoms with Crippen LogP contribution in [0.2, 0.25) is 0 Å². The molecule has 2 rings (SSSR count). The fraction of sp³-hybridized carbons (Fsp3) is 0.417. The van der Waals surface area contributed by atoms with Gasteiger partial charge in [-0.15, -0.1) is 0 Å². The lowest BCUT2D eigenvalue weighted by atomic mass is 10.3. The Morgan fingerprint density at radius 3 is 3.06 bits per heavy atom. The number of carbonyl (C=O) groups excluding carboxylic acids is 1. The number of hydroxylamine groups is 2. The van der Waals surface area contributed by atoms with E-state index in [1.165, 1.54) is 0 Å². The van der Waals surface area contributed by atoms with Gasteiger partial charge in [0.15, 0.2) is 0 Å². The van der Waals surface area contributed by atoms with Crippen LogP contribution < -0.4 is 11.1 Å². The molecule has 92 valence electrons. The highest BCUT2D eigenvalue weighted by Gasteiger charge is 2.14. The molecule has 0 atom stereocenters. The van der Waals surface area contributed by atoms with E-state index < -0.39 is 0 Å². The van der Waals surface area contributed by atoms with Crippen molar-refractivity contribution in [3.63, 3.8) is 0 Å². The van der Waals surface area contributed by atoms with E-state index in [-0.39, 0.29) is 12.5 Å². The zero-order chi connectivity index (χ0) is 12.1. The van der Waals surface area contributed by atoms with Gasteiger partial charge in [-0.3, -0.25) is 9.63 Å². The van der Waals surface area contributed by atoms with Crippen LogP contribution >= 0.6 is 0 Å².